The van der Waals surface area contributed by atoms with Gasteiger partial charge in [-0.05, 0) is 162 Å². The fourth-order valence-electron chi connectivity index (χ4n) is 14.5. The Kier molecular flexibility index (Phi) is 9.13. The third-order valence-electron chi connectivity index (χ3n) is 17.5. The van der Waals surface area contributed by atoms with Crippen LogP contribution in [0, 0.1) is 69.0 Å². The van der Waals surface area contributed by atoms with Crippen LogP contribution in [0.1, 0.15) is 145 Å². The normalized spacial score (nSPS) is 48.2. The molecular formula is C42H68N2O5. The maximum atomic E-state index is 14.5. The molecule has 1 heterocycles. The Morgan fingerprint density at radius 2 is 1.51 bits per heavy atom. The molecule has 6 saturated carbocycles. The van der Waals surface area contributed by atoms with E-state index in [4.69, 9.17) is 4.74 Å². The minimum Gasteiger partial charge on any atom is -0.481 e. The van der Waals surface area contributed by atoms with Crippen molar-refractivity contribution in [2.75, 3.05) is 19.6 Å². The molecule has 6 aliphatic carbocycles. The van der Waals surface area contributed by atoms with Crippen LogP contribution in [-0.2, 0) is 19.1 Å². The summed E-state index contributed by atoms with van der Waals surface area (Å²) in [7, 11) is 0. The number of hydrogen-bond acceptors (Lipinski definition) is 5. The summed E-state index contributed by atoms with van der Waals surface area (Å²) in [6.07, 6.45) is 16.8. The summed E-state index contributed by atoms with van der Waals surface area (Å²) in [5.41, 5.74) is 0.290. The van der Waals surface area contributed by atoms with Crippen molar-refractivity contribution >= 4 is 17.8 Å². The molecule has 1 aliphatic heterocycles. The largest absolute Gasteiger partial charge is 0.481 e. The Bertz CT molecular complexity index is 1310. The van der Waals surface area contributed by atoms with Crippen LogP contribution in [0.3, 0.4) is 0 Å². The fraction of sp³-hybridized carbons (Fsp3) is 0.929. The van der Waals surface area contributed by atoms with E-state index < -0.39 is 11.9 Å². The van der Waals surface area contributed by atoms with Crippen LogP contribution in [0.15, 0.2) is 0 Å². The van der Waals surface area contributed by atoms with Crippen LogP contribution in [-0.4, -0.2) is 59.1 Å². The van der Waals surface area contributed by atoms with E-state index in [0.29, 0.717) is 41.9 Å². The summed E-state index contributed by atoms with van der Waals surface area (Å²) in [5, 5.41) is 13.1. The molecule has 0 spiro atoms. The summed E-state index contributed by atoms with van der Waals surface area (Å²) in [4.78, 5) is 41.8. The molecule has 7 fully saturated rings. The van der Waals surface area contributed by atoms with Crippen LogP contribution in [0.25, 0.3) is 0 Å². The molecule has 49 heavy (non-hydrogen) atoms. The van der Waals surface area contributed by atoms with Gasteiger partial charge < -0.3 is 20.1 Å². The number of likely N-dealkylation sites (tertiary alicyclic amines) is 1. The highest BCUT2D eigenvalue weighted by Gasteiger charge is 2.70. The van der Waals surface area contributed by atoms with Crippen LogP contribution >= 0.6 is 0 Å². The number of carbonyl (C=O) groups excluding carboxylic acids is 2. The summed E-state index contributed by atoms with van der Waals surface area (Å²) in [6, 6.07) is 0. The molecule has 7 rings (SSSR count). The number of nitrogens with one attached hydrogen (secondary N) is 1. The summed E-state index contributed by atoms with van der Waals surface area (Å²) < 4.78 is 6.25. The van der Waals surface area contributed by atoms with Gasteiger partial charge >= 0.3 is 11.9 Å². The lowest BCUT2D eigenvalue weighted by molar-refractivity contribution is -0.235. The van der Waals surface area contributed by atoms with Gasteiger partial charge in [-0.25, -0.2) is 0 Å². The van der Waals surface area contributed by atoms with Gasteiger partial charge in [-0.15, -0.1) is 0 Å². The van der Waals surface area contributed by atoms with Crippen molar-refractivity contribution in [1.29, 1.82) is 0 Å². The zero-order valence-electron chi connectivity index (χ0n) is 32.0. The van der Waals surface area contributed by atoms with Gasteiger partial charge in [0.25, 0.3) is 0 Å². The molecule has 0 radical (unpaired) electrons. The van der Waals surface area contributed by atoms with Gasteiger partial charge in [0.15, 0.2) is 0 Å². The third-order valence-corrected chi connectivity index (χ3v) is 17.5. The van der Waals surface area contributed by atoms with Gasteiger partial charge in [-0.2, -0.15) is 0 Å². The molecule has 276 valence electrons. The quantitative estimate of drug-likeness (QED) is 0.264. The monoisotopic (exact) mass is 681 g/mol. The number of aliphatic carboxylic acids is 1. The van der Waals surface area contributed by atoms with E-state index in [1.54, 1.807) is 0 Å². The van der Waals surface area contributed by atoms with Gasteiger partial charge in [0.1, 0.15) is 6.10 Å². The summed E-state index contributed by atoms with van der Waals surface area (Å²) >= 11 is 0. The lowest BCUT2D eigenvalue weighted by Gasteiger charge is -2.71. The molecule has 2 N–H and O–H groups in total. The second-order valence-electron chi connectivity index (χ2n) is 20.1. The van der Waals surface area contributed by atoms with E-state index in [9.17, 15) is 19.5 Å². The first kappa shape index (κ1) is 35.8. The van der Waals surface area contributed by atoms with Crippen molar-refractivity contribution in [2.24, 2.45) is 69.0 Å². The van der Waals surface area contributed by atoms with Crippen molar-refractivity contribution < 1.29 is 24.2 Å². The van der Waals surface area contributed by atoms with Crippen molar-refractivity contribution in [3.05, 3.63) is 0 Å². The molecule has 0 aromatic heterocycles. The number of nitrogens with zero attached hydrogens (tertiary/aromatic N) is 1. The third kappa shape index (κ3) is 5.54. The molecule has 0 bridgehead atoms. The minimum absolute atomic E-state index is 0.0654. The van der Waals surface area contributed by atoms with Crippen LogP contribution in [0.2, 0.25) is 0 Å². The first-order valence-electron chi connectivity index (χ1n) is 20.5. The van der Waals surface area contributed by atoms with Gasteiger partial charge in [0, 0.05) is 12.1 Å². The molecule has 1 saturated heterocycles. The molecule has 0 aromatic carbocycles. The number of amides is 1. The van der Waals surface area contributed by atoms with Crippen molar-refractivity contribution in [3.63, 3.8) is 0 Å². The predicted octanol–water partition coefficient (Wildman–Crippen LogP) is 8.10. The Balaban J connectivity index is 1.04. The smallest absolute Gasteiger partial charge is 0.309 e. The molecule has 0 aromatic rings. The number of rotatable bonds is 7. The van der Waals surface area contributed by atoms with E-state index in [1.165, 1.54) is 57.8 Å². The first-order chi connectivity index (χ1) is 23.1. The average molecular weight is 681 g/mol. The van der Waals surface area contributed by atoms with Gasteiger partial charge in [0.2, 0.25) is 5.91 Å². The number of carbonyl (C=O) groups is 3. The zero-order chi connectivity index (χ0) is 35.1. The molecule has 7 nitrogen and oxygen atoms in total. The number of hydrogen-bond donors (Lipinski definition) is 2. The molecule has 1 amide bonds. The van der Waals surface area contributed by atoms with E-state index in [-0.39, 0.29) is 51.1 Å². The zero-order valence-corrected chi connectivity index (χ0v) is 32.0. The second-order valence-corrected chi connectivity index (χ2v) is 20.1. The highest BCUT2D eigenvalue weighted by atomic mass is 16.5. The maximum absolute atomic E-state index is 14.5. The first-order valence-corrected chi connectivity index (χ1v) is 20.5. The van der Waals surface area contributed by atoms with E-state index in [0.717, 1.165) is 51.7 Å². The number of piperidine rings is 1. The molecule has 12 unspecified atom stereocenters. The fourth-order valence-corrected chi connectivity index (χ4v) is 14.5. The number of carboxylic acid groups (broad SMARTS) is 1. The lowest BCUT2D eigenvalue weighted by Crippen LogP contribution is -2.66. The maximum Gasteiger partial charge on any atom is 0.309 e. The highest BCUT2D eigenvalue weighted by Crippen LogP contribution is 2.76. The predicted molar refractivity (Wildman–Crippen MR) is 191 cm³/mol. The number of carboxylic acids is 1. The van der Waals surface area contributed by atoms with Crippen LogP contribution < -0.4 is 5.32 Å². The topological polar surface area (TPSA) is 95.9 Å². The van der Waals surface area contributed by atoms with E-state index in [2.05, 4.69) is 51.8 Å². The summed E-state index contributed by atoms with van der Waals surface area (Å²) in [5.74, 6) is 1.15. The van der Waals surface area contributed by atoms with E-state index in [1.807, 2.05) is 6.92 Å². The minimum atomic E-state index is -0.793. The average Bonchev–Trinajstić information content (AvgIpc) is 3.48. The van der Waals surface area contributed by atoms with Crippen molar-refractivity contribution in [2.45, 2.75) is 156 Å². The van der Waals surface area contributed by atoms with Crippen LogP contribution in [0.4, 0.5) is 0 Å². The molecule has 7 heteroatoms. The number of fused-ring (bicyclic) bond motifs is 7. The van der Waals surface area contributed by atoms with Gasteiger partial charge in [-0.3, -0.25) is 14.4 Å². The lowest BCUT2D eigenvalue weighted by atomic mass is 9.33. The summed E-state index contributed by atoms with van der Waals surface area (Å²) in [6.45, 7) is 19.9. The number of esters is 1. The van der Waals surface area contributed by atoms with Gasteiger partial charge in [-0.1, -0.05) is 47.5 Å². The molecular weight excluding hydrogens is 612 g/mol. The SMILES string of the molecule is CC1C(C(=O)O)CC1C(=O)OC1CCC2(C)C(CCC3(C)C2CCC2C4CCCC4(C(=O)NC(C)(C)CN4CCCCC4)CC[C@]23C)C1C. The van der Waals surface area contributed by atoms with Crippen molar-refractivity contribution in [3.8, 4) is 0 Å². The Hall–Kier alpha value is -1.63. The number of ether oxygens (including phenoxy) is 1. The van der Waals surface area contributed by atoms with Gasteiger partial charge in [0.05, 0.1) is 17.3 Å². The Labute approximate surface area is 296 Å². The Morgan fingerprint density at radius 3 is 2.20 bits per heavy atom. The molecule has 13 atom stereocenters. The second kappa shape index (κ2) is 12.5. The Morgan fingerprint density at radius 1 is 0.776 bits per heavy atom. The highest BCUT2D eigenvalue weighted by molar-refractivity contribution is 5.84. The molecule has 7 aliphatic rings. The van der Waals surface area contributed by atoms with E-state index >= 15 is 0 Å². The van der Waals surface area contributed by atoms with Crippen molar-refractivity contribution in [1.82, 2.24) is 10.2 Å². The standard InChI is InChI=1S/C42H68N2O5/c1-26-28(35(45)46)24-29(26)36(47)49-33-16-18-39(5)30(27(33)2)15-19-41(7)34(39)14-13-31-32-12-11-17-42(32,21-20-40(31,41)6)37(48)43-38(3,4)25-44-22-9-8-10-23-44/h26-34H,8-25H2,1-7H3,(H,43,48)(H,45,46)/t26?,27?,28?,29?,30?,31?,32?,33?,34?,39?,40-,41?,42?/m1/s1. The van der Waals surface area contributed by atoms with Crippen LogP contribution in [0.5, 0.6) is 0 Å².